The number of amides is 4. The second-order valence-electron chi connectivity index (χ2n) is 13.9. The van der Waals surface area contributed by atoms with E-state index < -0.39 is 58.0 Å². The molecule has 0 bridgehead atoms. The van der Waals surface area contributed by atoms with E-state index in [1.54, 1.807) is 51.1 Å². The Balaban J connectivity index is 1.81. The molecule has 16 heteroatoms. The number of imide groups is 1. The summed E-state index contributed by atoms with van der Waals surface area (Å²) in [6.45, 7) is 6.68. The fourth-order valence-corrected chi connectivity index (χ4v) is 6.57. The summed E-state index contributed by atoms with van der Waals surface area (Å²) in [7, 11) is 5.81. The van der Waals surface area contributed by atoms with E-state index in [2.05, 4.69) is 10.6 Å². The molecular weight excluding hydrogens is 736 g/mol. The molecule has 0 aromatic heterocycles. The molecule has 3 aromatic rings. The molecule has 1 heterocycles. The van der Waals surface area contributed by atoms with Crippen LogP contribution >= 0.6 is 11.6 Å². The summed E-state index contributed by atoms with van der Waals surface area (Å²) in [6.07, 6.45) is 0.660. The molecule has 296 valence electrons. The van der Waals surface area contributed by atoms with Crippen molar-refractivity contribution in [2.75, 3.05) is 35.0 Å². The highest BCUT2D eigenvalue weighted by Gasteiger charge is 2.43. The summed E-state index contributed by atoms with van der Waals surface area (Å²) in [6, 6.07) is 8.93. The molecule has 2 N–H and O–H groups in total. The Labute approximate surface area is 324 Å². The number of nitrogens with zero attached hydrogens (tertiary/aromatic N) is 2. The van der Waals surface area contributed by atoms with E-state index in [0.717, 1.165) is 4.90 Å². The number of urea groups is 1. The van der Waals surface area contributed by atoms with Crippen LogP contribution in [-0.4, -0.2) is 80.3 Å². The molecule has 1 aliphatic rings. The van der Waals surface area contributed by atoms with Crippen molar-refractivity contribution in [2.45, 2.75) is 71.1 Å². The van der Waals surface area contributed by atoms with Crippen molar-refractivity contribution < 1.29 is 47.8 Å². The predicted molar refractivity (Wildman–Crippen MR) is 203 cm³/mol. The van der Waals surface area contributed by atoms with Crippen molar-refractivity contribution in [1.29, 1.82) is 0 Å². The lowest BCUT2D eigenvalue weighted by Crippen LogP contribution is -2.55. The molecule has 1 saturated heterocycles. The number of benzene rings is 3. The van der Waals surface area contributed by atoms with Crippen molar-refractivity contribution in [2.24, 2.45) is 5.92 Å². The molecule has 0 saturated carbocycles. The average Bonchev–Trinajstić information content (AvgIpc) is 3.25. The van der Waals surface area contributed by atoms with E-state index in [9.17, 15) is 29.3 Å². The minimum absolute atomic E-state index is 0.0607. The number of carbonyl (C=O) groups is 4. The largest absolute Gasteiger partial charge is 0.496 e. The van der Waals surface area contributed by atoms with E-state index in [1.807, 2.05) is 6.92 Å². The number of nitrogens with one attached hydrogen (secondary N) is 2. The summed E-state index contributed by atoms with van der Waals surface area (Å²) in [5, 5.41) is 18.3. The summed E-state index contributed by atoms with van der Waals surface area (Å²) in [5.74, 6) is -1.64. The SMILES string of the molecule is CCC[C@@H](NC(=O)N1C(=O)[C@@H](Cc2cc(Cl)ccc2OC)CNC(=O)[C@@H]1Cc1c(OC)cc(OC)cc1OC)c1ccc(C(=O)OC(C)(C)C)c([N+](=O)[O-])c1. The summed E-state index contributed by atoms with van der Waals surface area (Å²) in [4.78, 5) is 68.5. The van der Waals surface area contributed by atoms with Crippen molar-refractivity contribution in [3.63, 3.8) is 0 Å². The topological polar surface area (TPSA) is 185 Å². The number of nitro groups is 1. The molecule has 0 spiro atoms. The van der Waals surface area contributed by atoms with Crippen LogP contribution in [0.3, 0.4) is 0 Å². The standard InChI is InChI=1S/C39H47ClN4O11/c1-9-10-29(22-11-13-27(30(17-22)44(49)50)37(47)55-39(2,3)4)42-38(48)43-31(20-28-33(53-7)18-26(51-5)19-34(28)54-8)35(45)41-21-24(36(43)46)15-23-16-25(40)12-14-32(23)52-6/h11-14,16-19,24,29,31H,9-10,15,20-21H2,1-8H3,(H,41,45)(H,42,48)/t24-,29+,31-/m0/s1. The number of rotatable bonds is 14. The zero-order valence-electron chi connectivity index (χ0n) is 32.1. The number of carbonyl (C=O) groups excluding carboxylic acids is 4. The molecule has 15 nitrogen and oxygen atoms in total. The minimum Gasteiger partial charge on any atom is -0.496 e. The molecular formula is C39H47ClN4O11. The molecule has 1 fully saturated rings. The van der Waals surface area contributed by atoms with Gasteiger partial charge in [0.2, 0.25) is 11.8 Å². The van der Waals surface area contributed by atoms with Crippen LogP contribution in [0.2, 0.25) is 5.02 Å². The average molecular weight is 783 g/mol. The van der Waals surface area contributed by atoms with Gasteiger partial charge in [-0.15, -0.1) is 0 Å². The van der Waals surface area contributed by atoms with Crippen LogP contribution in [0, 0.1) is 16.0 Å². The van der Waals surface area contributed by atoms with Gasteiger partial charge in [-0.1, -0.05) is 31.0 Å². The van der Waals surface area contributed by atoms with E-state index in [0.29, 0.717) is 51.1 Å². The smallest absolute Gasteiger partial charge is 0.345 e. The number of hydrogen-bond acceptors (Lipinski definition) is 11. The Morgan fingerprint density at radius 2 is 1.62 bits per heavy atom. The van der Waals surface area contributed by atoms with Gasteiger partial charge in [0.15, 0.2) is 0 Å². The van der Waals surface area contributed by atoms with Crippen LogP contribution in [0.15, 0.2) is 48.5 Å². The lowest BCUT2D eigenvalue weighted by Gasteiger charge is -2.31. The molecule has 4 amide bonds. The highest BCUT2D eigenvalue weighted by atomic mass is 35.5. The van der Waals surface area contributed by atoms with Crippen LogP contribution < -0.4 is 29.6 Å². The van der Waals surface area contributed by atoms with Crippen molar-refractivity contribution in [1.82, 2.24) is 15.5 Å². The van der Waals surface area contributed by atoms with Crippen molar-refractivity contribution in [3.8, 4) is 23.0 Å². The second-order valence-corrected chi connectivity index (χ2v) is 14.3. The van der Waals surface area contributed by atoms with Gasteiger partial charge in [-0.25, -0.2) is 9.59 Å². The molecule has 0 radical (unpaired) electrons. The molecule has 1 aliphatic heterocycles. The Hall–Kier alpha value is -5.57. The number of hydrogen-bond donors (Lipinski definition) is 2. The number of ether oxygens (including phenoxy) is 5. The highest BCUT2D eigenvalue weighted by Crippen LogP contribution is 2.37. The first kappa shape index (κ1) is 42.2. The van der Waals surface area contributed by atoms with Gasteiger partial charge in [-0.3, -0.25) is 24.6 Å². The van der Waals surface area contributed by atoms with Crippen LogP contribution in [0.5, 0.6) is 23.0 Å². The first-order valence-corrected chi connectivity index (χ1v) is 18.0. The lowest BCUT2D eigenvalue weighted by molar-refractivity contribution is -0.385. The van der Waals surface area contributed by atoms with Crippen LogP contribution in [0.25, 0.3) is 0 Å². The van der Waals surface area contributed by atoms with Gasteiger partial charge >= 0.3 is 12.0 Å². The zero-order chi connectivity index (χ0) is 40.6. The summed E-state index contributed by atoms with van der Waals surface area (Å²) < 4.78 is 27.5. The van der Waals surface area contributed by atoms with E-state index in [4.69, 9.17) is 35.3 Å². The molecule has 55 heavy (non-hydrogen) atoms. The van der Waals surface area contributed by atoms with Gasteiger partial charge < -0.3 is 34.3 Å². The second kappa shape index (κ2) is 18.2. The Kier molecular flexibility index (Phi) is 13.9. The third-order valence-corrected chi connectivity index (χ3v) is 9.22. The third-order valence-electron chi connectivity index (χ3n) is 8.98. The maximum Gasteiger partial charge on any atom is 0.345 e. The van der Waals surface area contributed by atoms with E-state index in [-0.39, 0.29) is 31.4 Å². The van der Waals surface area contributed by atoms with Gasteiger partial charge in [-0.05, 0) is 69.0 Å². The van der Waals surface area contributed by atoms with Crippen molar-refractivity contribution >= 4 is 41.1 Å². The summed E-state index contributed by atoms with van der Waals surface area (Å²) >= 11 is 6.30. The molecule has 0 unspecified atom stereocenters. The van der Waals surface area contributed by atoms with Gasteiger partial charge in [-0.2, -0.15) is 0 Å². The molecule has 4 rings (SSSR count). The lowest BCUT2D eigenvalue weighted by atomic mass is 9.96. The third kappa shape index (κ3) is 10.1. The van der Waals surface area contributed by atoms with Gasteiger partial charge in [0, 0.05) is 41.8 Å². The van der Waals surface area contributed by atoms with E-state index in [1.165, 1.54) is 46.6 Å². The number of nitro benzene ring substituents is 1. The van der Waals surface area contributed by atoms with Crippen LogP contribution in [0.4, 0.5) is 10.5 Å². The number of esters is 1. The minimum atomic E-state index is -1.40. The van der Waals surface area contributed by atoms with Gasteiger partial charge in [0.25, 0.3) is 5.69 Å². The predicted octanol–water partition coefficient (Wildman–Crippen LogP) is 6.22. The monoisotopic (exact) mass is 782 g/mol. The Morgan fingerprint density at radius 3 is 2.18 bits per heavy atom. The first-order chi connectivity index (χ1) is 26.0. The van der Waals surface area contributed by atoms with Crippen molar-refractivity contribution in [3.05, 3.63) is 85.9 Å². The quantitative estimate of drug-likeness (QED) is 0.108. The molecule has 3 aromatic carbocycles. The Morgan fingerprint density at radius 1 is 0.964 bits per heavy atom. The maximum atomic E-state index is 14.7. The van der Waals surface area contributed by atoms with E-state index >= 15 is 0 Å². The first-order valence-electron chi connectivity index (χ1n) is 17.6. The summed E-state index contributed by atoms with van der Waals surface area (Å²) in [5.41, 5.74) is -0.395. The number of halogens is 1. The fourth-order valence-electron chi connectivity index (χ4n) is 6.38. The Bertz CT molecular complexity index is 1900. The highest BCUT2D eigenvalue weighted by molar-refractivity contribution is 6.30. The fraction of sp³-hybridized carbons (Fsp3) is 0.436. The zero-order valence-corrected chi connectivity index (χ0v) is 32.9. The van der Waals surface area contributed by atoms with Crippen LogP contribution in [-0.2, 0) is 27.2 Å². The van der Waals surface area contributed by atoms with Gasteiger partial charge in [0.05, 0.1) is 45.3 Å². The normalized spacial score (nSPS) is 16.3. The number of methoxy groups -OCH3 is 4. The maximum absolute atomic E-state index is 14.7. The van der Waals surface area contributed by atoms with Crippen LogP contribution in [0.1, 0.15) is 73.6 Å². The molecule has 3 atom stereocenters. The molecule has 0 aliphatic carbocycles. The van der Waals surface area contributed by atoms with Gasteiger partial charge in [0.1, 0.15) is 40.2 Å².